The second-order valence-corrected chi connectivity index (χ2v) is 6.93. The Balaban J connectivity index is 1.75. The summed E-state index contributed by atoms with van der Waals surface area (Å²) in [4.78, 5) is 0. The molecule has 0 aliphatic heterocycles. The van der Waals surface area contributed by atoms with Gasteiger partial charge in [0.05, 0.1) is 52.9 Å². The lowest BCUT2D eigenvalue weighted by molar-refractivity contribution is -0.0316. The van der Waals surface area contributed by atoms with Gasteiger partial charge in [-0.3, -0.25) is 0 Å². The fraction of sp³-hybridized carbons (Fsp3) is 0.385. The van der Waals surface area contributed by atoms with Crippen LogP contribution in [0.25, 0.3) is 12.2 Å². The number of aliphatic hydroxyl groups is 2. The summed E-state index contributed by atoms with van der Waals surface area (Å²) in [5.41, 5.74) is 2.05. The third-order valence-electron chi connectivity index (χ3n) is 4.42. The van der Waals surface area contributed by atoms with Gasteiger partial charge in [-0.2, -0.15) is 0 Å². The van der Waals surface area contributed by atoms with Crippen molar-refractivity contribution in [3.05, 3.63) is 83.9 Å². The van der Waals surface area contributed by atoms with Gasteiger partial charge in [-0.05, 0) is 11.1 Å². The van der Waals surface area contributed by atoms with Gasteiger partial charge in [0.25, 0.3) is 0 Å². The zero-order valence-electron chi connectivity index (χ0n) is 18.4. The van der Waals surface area contributed by atoms with Gasteiger partial charge in [0.2, 0.25) is 0 Å². The molecular weight excluding hydrogens is 408 g/mol. The molecule has 0 saturated carbocycles. The first-order valence-electron chi connectivity index (χ1n) is 10.9. The van der Waals surface area contributed by atoms with Crippen molar-refractivity contribution in [1.29, 1.82) is 0 Å². The van der Waals surface area contributed by atoms with E-state index in [0.717, 1.165) is 11.1 Å². The summed E-state index contributed by atoms with van der Waals surface area (Å²) in [6, 6.07) is 19.7. The van der Waals surface area contributed by atoms with Crippen molar-refractivity contribution < 1.29 is 29.2 Å². The maximum Gasteiger partial charge on any atom is 0.105 e. The molecule has 174 valence electrons. The normalized spacial score (nSPS) is 13.7. The largest absolute Gasteiger partial charge is 0.394 e. The van der Waals surface area contributed by atoms with Gasteiger partial charge in [-0.1, -0.05) is 85.0 Å². The molecule has 0 fully saturated rings. The van der Waals surface area contributed by atoms with Gasteiger partial charge in [0, 0.05) is 0 Å². The summed E-state index contributed by atoms with van der Waals surface area (Å²) in [7, 11) is 0. The van der Waals surface area contributed by atoms with Crippen LogP contribution in [-0.4, -0.2) is 75.3 Å². The molecule has 0 amide bonds. The molecule has 0 aromatic heterocycles. The lowest BCUT2D eigenvalue weighted by Crippen LogP contribution is -2.27. The Bertz CT molecular complexity index is 747. The van der Waals surface area contributed by atoms with E-state index in [1.54, 1.807) is 6.08 Å². The highest BCUT2D eigenvalue weighted by Crippen LogP contribution is 2.10. The first-order valence-corrected chi connectivity index (χ1v) is 10.9. The van der Waals surface area contributed by atoms with Crippen LogP contribution < -0.4 is 0 Å². The summed E-state index contributed by atoms with van der Waals surface area (Å²) in [6.45, 7) is 2.91. The molecule has 2 atom stereocenters. The van der Waals surface area contributed by atoms with Crippen LogP contribution >= 0.6 is 0 Å². The van der Waals surface area contributed by atoms with Crippen molar-refractivity contribution >= 4 is 12.2 Å². The number of ether oxygens (including phenoxy) is 4. The second kappa shape index (κ2) is 17.3. The van der Waals surface area contributed by atoms with Crippen LogP contribution in [0.5, 0.6) is 0 Å². The Labute approximate surface area is 190 Å². The molecule has 2 rings (SSSR count). The number of benzene rings is 2. The lowest BCUT2D eigenvalue weighted by atomic mass is 10.1. The summed E-state index contributed by atoms with van der Waals surface area (Å²) in [5, 5.41) is 19.3. The highest BCUT2D eigenvalue weighted by atomic mass is 16.6. The minimum atomic E-state index is -0.794. The number of hydrogen-bond donors (Lipinski definition) is 2. The molecule has 0 heterocycles. The van der Waals surface area contributed by atoms with Crippen LogP contribution in [0.4, 0.5) is 0 Å². The fourth-order valence-electron chi connectivity index (χ4n) is 2.77. The number of rotatable bonds is 17. The summed E-state index contributed by atoms with van der Waals surface area (Å²) in [6.07, 6.45) is 6.14. The zero-order chi connectivity index (χ0) is 22.7. The number of aliphatic hydroxyl groups excluding tert-OH is 2. The number of hydrogen-bond acceptors (Lipinski definition) is 6. The molecule has 6 heteroatoms. The highest BCUT2D eigenvalue weighted by molar-refractivity contribution is 5.51. The van der Waals surface area contributed by atoms with Crippen molar-refractivity contribution in [2.24, 2.45) is 0 Å². The zero-order valence-corrected chi connectivity index (χ0v) is 18.4. The first-order chi connectivity index (χ1) is 15.8. The summed E-state index contributed by atoms with van der Waals surface area (Å²) < 4.78 is 21.9. The van der Waals surface area contributed by atoms with Crippen LogP contribution in [-0.2, 0) is 18.9 Å². The van der Waals surface area contributed by atoms with E-state index in [-0.39, 0.29) is 6.61 Å². The molecular formula is C26H34O6. The predicted octanol–water partition coefficient (Wildman–Crippen LogP) is 3.20. The smallest absolute Gasteiger partial charge is 0.105 e. The SMILES string of the molecule is OCCOCCOCCOCCOC(C=Cc1ccccc1)C(O)C=Cc1ccccc1. The maximum absolute atomic E-state index is 10.7. The van der Waals surface area contributed by atoms with Gasteiger partial charge in [-0.15, -0.1) is 0 Å². The van der Waals surface area contributed by atoms with Crippen LogP contribution in [0.3, 0.4) is 0 Å². The minimum absolute atomic E-state index is 0.0153. The van der Waals surface area contributed by atoms with Crippen molar-refractivity contribution in [1.82, 2.24) is 0 Å². The predicted molar refractivity (Wildman–Crippen MR) is 126 cm³/mol. The molecule has 0 saturated heterocycles. The van der Waals surface area contributed by atoms with E-state index < -0.39 is 12.2 Å². The van der Waals surface area contributed by atoms with Crippen molar-refractivity contribution in [3.8, 4) is 0 Å². The van der Waals surface area contributed by atoms with Gasteiger partial charge < -0.3 is 29.2 Å². The average molecular weight is 443 g/mol. The molecule has 32 heavy (non-hydrogen) atoms. The van der Waals surface area contributed by atoms with E-state index in [1.807, 2.05) is 78.9 Å². The Morgan fingerprint density at radius 2 is 1.09 bits per heavy atom. The van der Waals surface area contributed by atoms with E-state index in [1.165, 1.54) is 0 Å². The van der Waals surface area contributed by atoms with Gasteiger partial charge in [0.1, 0.15) is 12.2 Å². The average Bonchev–Trinajstić information content (AvgIpc) is 2.84. The second-order valence-electron chi connectivity index (χ2n) is 6.93. The molecule has 0 aliphatic carbocycles. The minimum Gasteiger partial charge on any atom is -0.394 e. The van der Waals surface area contributed by atoms with E-state index in [0.29, 0.717) is 46.2 Å². The summed E-state index contributed by atoms with van der Waals surface area (Å²) in [5.74, 6) is 0. The Kier molecular flexibility index (Phi) is 14.0. The monoisotopic (exact) mass is 442 g/mol. The van der Waals surface area contributed by atoms with Gasteiger partial charge in [-0.25, -0.2) is 0 Å². The molecule has 2 aromatic carbocycles. The van der Waals surface area contributed by atoms with Crippen molar-refractivity contribution in [2.75, 3.05) is 52.9 Å². The van der Waals surface area contributed by atoms with Crippen molar-refractivity contribution in [3.63, 3.8) is 0 Å². The van der Waals surface area contributed by atoms with Crippen LogP contribution in [0.15, 0.2) is 72.8 Å². The topological polar surface area (TPSA) is 77.4 Å². The Morgan fingerprint density at radius 3 is 1.62 bits per heavy atom. The first kappa shape index (κ1) is 25.9. The van der Waals surface area contributed by atoms with E-state index in [9.17, 15) is 5.11 Å². The molecule has 0 aliphatic rings. The van der Waals surface area contributed by atoms with Crippen molar-refractivity contribution in [2.45, 2.75) is 12.2 Å². The molecule has 0 spiro atoms. The van der Waals surface area contributed by atoms with Gasteiger partial charge in [0.15, 0.2) is 0 Å². The molecule has 2 N–H and O–H groups in total. The highest BCUT2D eigenvalue weighted by Gasteiger charge is 2.14. The van der Waals surface area contributed by atoms with Crippen LogP contribution in [0, 0.1) is 0 Å². The third-order valence-corrected chi connectivity index (χ3v) is 4.42. The summed E-state index contributed by atoms with van der Waals surface area (Å²) >= 11 is 0. The van der Waals surface area contributed by atoms with Crippen LogP contribution in [0.2, 0.25) is 0 Å². The quantitative estimate of drug-likeness (QED) is 0.367. The van der Waals surface area contributed by atoms with E-state index in [4.69, 9.17) is 24.1 Å². The van der Waals surface area contributed by atoms with Gasteiger partial charge >= 0.3 is 0 Å². The molecule has 6 nitrogen and oxygen atoms in total. The molecule has 0 bridgehead atoms. The van der Waals surface area contributed by atoms with Crippen LogP contribution in [0.1, 0.15) is 11.1 Å². The molecule has 0 radical (unpaired) electrons. The Hall–Kier alpha value is -2.32. The molecule has 2 unspecified atom stereocenters. The third kappa shape index (κ3) is 11.9. The maximum atomic E-state index is 10.7. The molecule has 2 aromatic rings. The lowest BCUT2D eigenvalue weighted by Gasteiger charge is -2.18. The van der Waals surface area contributed by atoms with E-state index >= 15 is 0 Å². The fourth-order valence-corrected chi connectivity index (χ4v) is 2.77. The Morgan fingerprint density at radius 1 is 0.625 bits per heavy atom. The van der Waals surface area contributed by atoms with E-state index in [2.05, 4.69) is 0 Å². The standard InChI is InChI=1S/C26H34O6/c27-15-16-29-17-18-30-19-20-31-21-22-32-26(14-12-24-9-5-2-6-10-24)25(28)13-11-23-7-3-1-4-8-23/h1-14,25-28H,15-22H2.